The van der Waals surface area contributed by atoms with Crippen LogP contribution < -0.4 is 20.4 Å². The van der Waals surface area contributed by atoms with E-state index in [4.69, 9.17) is 23.7 Å². The van der Waals surface area contributed by atoms with Gasteiger partial charge in [-0.3, -0.25) is 0 Å². The van der Waals surface area contributed by atoms with Crippen LogP contribution in [-0.4, -0.2) is 125 Å². The summed E-state index contributed by atoms with van der Waals surface area (Å²) in [5.74, 6) is 0.689. The molecule has 6 heterocycles. The number of alkyl carbamates (subject to hydrolysis) is 2. The minimum atomic E-state index is -0.562. The number of esters is 1. The van der Waals surface area contributed by atoms with E-state index in [9.17, 15) is 19.5 Å². The molecule has 4 aliphatic heterocycles. The average Bonchev–Trinajstić information content (AvgIpc) is 3.61. The molecule has 58 heavy (non-hydrogen) atoms. The van der Waals surface area contributed by atoms with Crippen LogP contribution in [0.5, 0.6) is 0 Å². The highest BCUT2D eigenvalue weighted by atomic mass is 79.9. The van der Waals surface area contributed by atoms with Crippen molar-refractivity contribution in [1.29, 1.82) is 0 Å². The summed E-state index contributed by atoms with van der Waals surface area (Å²) < 4.78 is 28.7. The summed E-state index contributed by atoms with van der Waals surface area (Å²) in [6.45, 7) is 18.9. The number of anilines is 2. The van der Waals surface area contributed by atoms with Crippen LogP contribution in [0.2, 0.25) is 0 Å². The van der Waals surface area contributed by atoms with Gasteiger partial charge in [0, 0.05) is 37.0 Å². The highest BCUT2D eigenvalue weighted by molar-refractivity contribution is 9.10. The highest BCUT2D eigenvalue weighted by Gasteiger charge is 2.52. The lowest BCUT2D eigenvalue weighted by Crippen LogP contribution is -2.55. The van der Waals surface area contributed by atoms with Crippen molar-refractivity contribution in [3.05, 3.63) is 33.0 Å². The van der Waals surface area contributed by atoms with Gasteiger partial charge in [-0.1, -0.05) is 0 Å². The lowest BCUT2D eigenvalue weighted by Gasteiger charge is -2.43. The number of aliphatic hydroxyl groups is 1. The summed E-state index contributed by atoms with van der Waals surface area (Å²) >= 11 is 6.55. The van der Waals surface area contributed by atoms with Gasteiger partial charge in [0.05, 0.1) is 63.6 Å². The minimum absolute atomic E-state index is 0.0699. The molecule has 0 aliphatic carbocycles. The lowest BCUT2D eigenvalue weighted by molar-refractivity contribution is 0.0424. The predicted octanol–water partition coefficient (Wildman–Crippen LogP) is 5.55. The average molecular weight is 943 g/mol. The predicted molar refractivity (Wildman–Crippen MR) is 222 cm³/mol. The molecule has 19 heteroatoms. The molecule has 4 saturated heterocycles. The largest absolute Gasteiger partial charge is 0.464 e. The number of methoxy groups -OCH3 is 1. The summed E-state index contributed by atoms with van der Waals surface area (Å²) in [5.41, 5.74) is -0.680. The van der Waals surface area contributed by atoms with E-state index < -0.39 is 29.4 Å². The second-order valence-corrected chi connectivity index (χ2v) is 19.1. The molecule has 0 saturated carbocycles. The Bertz CT molecular complexity index is 1780. The molecule has 2 spiro atoms. The SMILES string of the molecule is COC(=O)c1nc(Br)cnc1N1CCC2(CC1)CO[C@@H](C)[C@H]2NC(=O)OC(C)(C)C.C[C@@H]1OCC2(CCN(c3ncc(Br)nc3CO)CC2)[C@@H]1NC(=O)OC(C)(C)C. The molecule has 322 valence electrons. The first-order valence-electron chi connectivity index (χ1n) is 19.6. The molecule has 4 atom stereocenters. The van der Waals surface area contributed by atoms with Crippen LogP contribution in [0.25, 0.3) is 0 Å². The first-order chi connectivity index (χ1) is 27.2. The van der Waals surface area contributed by atoms with Crippen molar-refractivity contribution in [3.8, 4) is 0 Å². The number of nitrogens with one attached hydrogen (secondary N) is 2. The Balaban J connectivity index is 0.000000221. The third-order valence-electron chi connectivity index (χ3n) is 11.0. The van der Waals surface area contributed by atoms with E-state index >= 15 is 0 Å². The first-order valence-corrected chi connectivity index (χ1v) is 21.2. The number of rotatable bonds is 6. The number of piperidine rings is 2. The number of hydrogen-bond donors (Lipinski definition) is 3. The molecule has 0 radical (unpaired) electrons. The van der Waals surface area contributed by atoms with Crippen LogP contribution >= 0.6 is 31.9 Å². The Morgan fingerprint density at radius 2 is 1.19 bits per heavy atom. The molecule has 17 nitrogen and oxygen atoms in total. The summed E-state index contributed by atoms with van der Waals surface area (Å²) in [6.07, 6.45) is 5.44. The highest BCUT2D eigenvalue weighted by Crippen LogP contribution is 2.44. The Labute approximate surface area is 357 Å². The number of halogens is 2. The quantitative estimate of drug-likeness (QED) is 0.240. The fourth-order valence-electron chi connectivity index (χ4n) is 8.20. The maximum Gasteiger partial charge on any atom is 0.407 e. The smallest absolute Gasteiger partial charge is 0.407 e. The number of aromatic nitrogens is 4. The normalized spacial score (nSPS) is 23.9. The molecule has 0 unspecified atom stereocenters. The van der Waals surface area contributed by atoms with Gasteiger partial charge < -0.3 is 49.2 Å². The number of aliphatic hydroxyl groups excluding tert-OH is 1. The van der Waals surface area contributed by atoms with Crippen LogP contribution in [-0.2, 0) is 30.3 Å². The van der Waals surface area contributed by atoms with Crippen molar-refractivity contribution in [2.24, 2.45) is 10.8 Å². The summed E-state index contributed by atoms with van der Waals surface area (Å²) in [5, 5.41) is 15.7. The summed E-state index contributed by atoms with van der Waals surface area (Å²) in [7, 11) is 1.32. The lowest BCUT2D eigenvalue weighted by atomic mass is 9.73. The fraction of sp³-hybridized carbons (Fsp3) is 0.718. The molecular weight excluding hydrogens is 884 g/mol. The van der Waals surface area contributed by atoms with Crippen LogP contribution in [0.3, 0.4) is 0 Å². The number of nitrogens with zero attached hydrogens (tertiary/aromatic N) is 6. The topological polar surface area (TPSA) is 200 Å². The molecule has 2 amide bonds. The van der Waals surface area contributed by atoms with Crippen molar-refractivity contribution in [3.63, 3.8) is 0 Å². The second-order valence-electron chi connectivity index (χ2n) is 17.5. The van der Waals surface area contributed by atoms with E-state index in [1.807, 2.05) is 60.3 Å². The Morgan fingerprint density at radius 3 is 1.60 bits per heavy atom. The summed E-state index contributed by atoms with van der Waals surface area (Å²) in [4.78, 5) is 58.5. The zero-order chi connectivity index (χ0) is 42.6. The van der Waals surface area contributed by atoms with Gasteiger partial charge >= 0.3 is 18.2 Å². The molecular formula is C39H58Br2N8O9. The maximum absolute atomic E-state index is 12.4. The zero-order valence-electron chi connectivity index (χ0n) is 34.9. The molecule has 2 aromatic rings. The number of amides is 2. The van der Waals surface area contributed by atoms with E-state index in [1.54, 1.807) is 12.4 Å². The van der Waals surface area contributed by atoms with Crippen LogP contribution in [0.4, 0.5) is 21.2 Å². The van der Waals surface area contributed by atoms with Gasteiger partial charge in [-0.05, 0) is 113 Å². The molecule has 3 N–H and O–H groups in total. The van der Waals surface area contributed by atoms with E-state index in [-0.39, 0.29) is 47.4 Å². The van der Waals surface area contributed by atoms with Crippen LogP contribution in [0.1, 0.15) is 97.3 Å². The van der Waals surface area contributed by atoms with E-state index in [0.717, 1.165) is 38.8 Å². The van der Waals surface area contributed by atoms with E-state index in [1.165, 1.54) is 7.11 Å². The molecule has 4 fully saturated rings. The number of ether oxygens (including phenoxy) is 5. The van der Waals surface area contributed by atoms with Crippen molar-refractivity contribution >= 4 is 61.7 Å². The third-order valence-corrected chi connectivity index (χ3v) is 11.8. The first kappa shape index (κ1) is 45.7. The Hall–Kier alpha value is -3.39. The van der Waals surface area contributed by atoms with Gasteiger partial charge in [-0.2, -0.15) is 0 Å². The van der Waals surface area contributed by atoms with Gasteiger partial charge in [0.15, 0.2) is 17.3 Å². The van der Waals surface area contributed by atoms with E-state index in [2.05, 4.69) is 67.3 Å². The number of hydrogen-bond acceptors (Lipinski definition) is 15. The monoisotopic (exact) mass is 940 g/mol. The maximum atomic E-state index is 12.4. The van der Waals surface area contributed by atoms with E-state index in [0.29, 0.717) is 52.8 Å². The van der Waals surface area contributed by atoms with Crippen molar-refractivity contribution in [1.82, 2.24) is 30.6 Å². The van der Waals surface area contributed by atoms with Crippen LogP contribution in [0, 0.1) is 10.8 Å². The molecule has 2 aromatic heterocycles. The van der Waals surface area contributed by atoms with Gasteiger partial charge in [-0.25, -0.2) is 34.3 Å². The Kier molecular flexibility index (Phi) is 14.6. The summed E-state index contributed by atoms with van der Waals surface area (Å²) in [6, 6.07) is -0.247. The minimum Gasteiger partial charge on any atom is -0.464 e. The third kappa shape index (κ3) is 11.1. The molecule has 0 aromatic carbocycles. The standard InChI is InChI=1S/C20H29BrN4O5.C19H29BrN4O4/c1-12-15(24-18(27)30-19(2,3)4)20(11-29-12)6-8-25(9-7-20)16-14(17(26)28-5)23-13(21)10-22-16;1-12-15(23-17(26)28-18(2,3)4)19(11-27-12)5-7-24(8-6-19)16-13(10-25)22-14(20)9-21-16/h10,12,15H,6-9,11H2,1-5H3,(H,24,27);9,12,15,25H,5-8,10-11H2,1-4H3,(H,23,26)/t2*12-,15+/m00/s1. The zero-order valence-corrected chi connectivity index (χ0v) is 38.1. The van der Waals surface area contributed by atoms with Crippen LogP contribution in [0.15, 0.2) is 21.6 Å². The molecule has 4 aliphatic rings. The van der Waals surface area contributed by atoms with Gasteiger partial charge in [0.1, 0.15) is 26.1 Å². The Morgan fingerprint density at radius 1 is 0.776 bits per heavy atom. The fourth-order valence-corrected chi connectivity index (χ4v) is 8.80. The van der Waals surface area contributed by atoms with Crippen molar-refractivity contribution < 1.29 is 43.2 Å². The van der Waals surface area contributed by atoms with Gasteiger partial charge in [0.2, 0.25) is 0 Å². The van der Waals surface area contributed by atoms with Crippen molar-refractivity contribution in [2.45, 2.75) is 123 Å². The second kappa shape index (κ2) is 18.5. The van der Waals surface area contributed by atoms with Gasteiger partial charge in [0.25, 0.3) is 0 Å². The molecule has 6 rings (SSSR count). The number of carbonyl (C=O) groups is 3. The van der Waals surface area contributed by atoms with Gasteiger partial charge in [-0.15, -0.1) is 0 Å². The molecule has 0 bridgehead atoms. The van der Waals surface area contributed by atoms with Crippen molar-refractivity contribution in [2.75, 3.05) is 56.3 Å². The number of carbonyl (C=O) groups excluding carboxylic acids is 3.